The van der Waals surface area contributed by atoms with E-state index in [1.54, 1.807) is 36.4 Å². The summed E-state index contributed by atoms with van der Waals surface area (Å²) in [6.45, 7) is 6.07. The molecule has 0 aliphatic carbocycles. The summed E-state index contributed by atoms with van der Waals surface area (Å²) in [6, 6.07) is 31.7. The van der Waals surface area contributed by atoms with E-state index in [4.69, 9.17) is 0 Å². The van der Waals surface area contributed by atoms with Crippen LogP contribution in [-0.4, -0.2) is 44.3 Å². The molecule has 4 aromatic carbocycles. The smallest absolute Gasteiger partial charge is 0.264 e. The third kappa shape index (κ3) is 8.57. The Labute approximate surface area is 261 Å². The molecule has 4 rings (SSSR count). The topological polar surface area (TPSA) is 86.8 Å². The highest BCUT2D eigenvalue weighted by atomic mass is 32.2. The van der Waals surface area contributed by atoms with Crippen molar-refractivity contribution in [2.75, 3.05) is 17.4 Å². The van der Waals surface area contributed by atoms with Gasteiger partial charge in [0.2, 0.25) is 11.8 Å². The minimum atomic E-state index is -4.12. The molecular formula is C36H41N3O4S. The highest BCUT2D eigenvalue weighted by Crippen LogP contribution is 2.26. The molecule has 0 bridgehead atoms. The minimum absolute atomic E-state index is 0.0811. The first-order valence-corrected chi connectivity index (χ1v) is 16.4. The van der Waals surface area contributed by atoms with Gasteiger partial charge in [0.15, 0.2) is 0 Å². The number of aryl methyl sites for hydroxylation is 2. The molecule has 0 fully saturated rings. The van der Waals surface area contributed by atoms with Crippen LogP contribution in [-0.2, 0) is 32.6 Å². The SMILES string of the molecule is CCCCNC(=O)C(Cc1ccccc1)N(Cc1ccc(C)cc1)C(=O)CN(c1cccc(C)c1)S(=O)(=O)c1ccccc1. The van der Waals surface area contributed by atoms with Crippen LogP contribution in [0, 0.1) is 13.8 Å². The fraction of sp³-hybridized carbons (Fsp3) is 0.278. The van der Waals surface area contributed by atoms with E-state index >= 15 is 0 Å². The van der Waals surface area contributed by atoms with E-state index in [0.717, 1.165) is 39.4 Å². The number of hydrogen-bond acceptors (Lipinski definition) is 4. The van der Waals surface area contributed by atoms with Gasteiger partial charge in [-0.2, -0.15) is 0 Å². The maximum Gasteiger partial charge on any atom is 0.264 e. The Kier molecular flexibility index (Phi) is 11.3. The lowest BCUT2D eigenvalue weighted by molar-refractivity contribution is -0.140. The Hall–Kier alpha value is -4.43. The number of amides is 2. The fourth-order valence-electron chi connectivity index (χ4n) is 4.98. The number of sulfonamides is 1. The summed E-state index contributed by atoms with van der Waals surface area (Å²) in [5.41, 5.74) is 4.06. The monoisotopic (exact) mass is 611 g/mol. The fourth-order valence-corrected chi connectivity index (χ4v) is 6.41. The molecule has 0 aliphatic rings. The number of hydrogen-bond donors (Lipinski definition) is 1. The molecule has 0 saturated carbocycles. The Morgan fingerprint density at radius 1 is 0.773 bits per heavy atom. The molecule has 0 heterocycles. The van der Waals surface area contributed by atoms with Crippen molar-refractivity contribution in [1.82, 2.24) is 10.2 Å². The van der Waals surface area contributed by atoms with E-state index < -0.39 is 28.5 Å². The zero-order valence-corrected chi connectivity index (χ0v) is 26.5. The molecule has 0 aromatic heterocycles. The lowest BCUT2D eigenvalue weighted by Gasteiger charge is -2.34. The first-order valence-electron chi connectivity index (χ1n) is 15.0. The number of nitrogens with one attached hydrogen (secondary N) is 1. The van der Waals surface area contributed by atoms with Gasteiger partial charge in [-0.3, -0.25) is 13.9 Å². The normalized spacial score (nSPS) is 11.9. The summed E-state index contributed by atoms with van der Waals surface area (Å²) in [5.74, 6) is -0.742. The van der Waals surface area contributed by atoms with Crippen LogP contribution in [0.4, 0.5) is 5.69 Å². The van der Waals surface area contributed by atoms with Crippen LogP contribution < -0.4 is 9.62 Å². The molecule has 7 nitrogen and oxygen atoms in total. The average Bonchev–Trinajstić information content (AvgIpc) is 3.03. The second-order valence-electron chi connectivity index (χ2n) is 11.0. The first-order chi connectivity index (χ1) is 21.2. The van der Waals surface area contributed by atoms with Gasteiger partial charge >= 0.3 is 0 Å². The van der Waals surface area contributed by atoms with E-state index in [-0.39, 0.29) is 23.8 Å². The summed E-state index contributed by atoms with van der Waals surface area (Å²) < 4.78 is 29.2. The number of anilines is 1. The molecule has 0 saturated heterocycles. The number of unbranched alkanes of at least 4 members (excludes halogenated alkanes) is 1. The molecule has 2 amide bonds. The second kappa shape index (κ2) is 15.3. The van der Waals surface area contributed by atoms with Gasteiger partial charge in [-0.1, -0.05) is 104 Å². The minimum Gasteiger partial charge on any atom is -0.354 e. The van der Waals surface area contributed by atoms with Gasteiger partial charge in [-0.05, 0) is 61.2 Å². The van der Waals surface area contributed by atoms with Gasteiger partial charge in [0.1, 0.15) is 12.6 Å². The Bertz CT molecular complexity index is 1630. The molecule has 0 radical (unpaired) electrons. The van der Waals surface area contributed by atoms with Crippen LogP contribution in [0.2, 0.25) is 0 Å². The maximum atomic E-state index is 14.5. The van der Waals surface area contributed by atoms with Gasteiger partial charge in [-0.25, -0.2) is 8.42 Å². The highest BCUT2D eigenvalue weighted by Gasteiger charge is 2.34. The van der Waals surface area contributed by atoms with E-state index in [1.807, 2.05) is 81.4 Å². The van der Waals surface area contributed by atoms with Crippen molar-refractivity contribution in [2.45, 2.75) is 57.5 Å². The number of benzene rings is 4. The zero-order valence-electron chi connectivity index (χ0n) is 25.6. The van der Waals surface area contributed by atoms with Gasteiger partial charge in [0.25, 0.3) is 10.0 Å². The summed E-state index contributed by atoms with van der Waals surface area (Å²) >= 11 is 0. The second-order valence-corrected chi connectivity index (χ2v) is 12.9. The third-order valence-corrected chi connectivity index (χ3v) is 9.26. The Morgan fingerprint density at radius 3 is 2.07 bits per heavy atom. The van der Waals surface area contributed by atoms with Crippen LogP contribution in [0.5, 0.6) is 0 Å². The molecular weight excluding hydrogens is 570 g/mol. The molecule has 1 unspecified atom stereocenters. The van der Waals surface area contributed by atoms with Gasteiger partial charge in [0, 0.05) is 19.5 Å². The van der Waals surface area contributed by atoms with Crippen molar-refractivity contribution in [3.63, 3.8) is 0 Å². The number of carbonyl (C=O) groups is 2. The molecule has 4 aromatic rings. The van der Waals surface area contributed by atoms with E-state index in [1.165, 1.54) is 17.0 Å². The standard InChI is InChI=1S/C36H41N3O4S/c1-4-5-23-37-36(41)34(25-30-14-8-6-9-15-30)38(26-31-21-19-28(2)20-22-31)35(40)27-39(32-16-12-13-29(3)24-32)44(42,43)33-17-10-7-11-18-33/h6-22,24,34H,4-5,23,25-27H2,1-3H3,(H,37,41). The predicted octanol–water partition coefficient (Wildman–Crippen LogP) is 6.06. The third-order valence-electron chi connectivity index (χ3n) is 7.47. The summed E-state index contributed by atoms with van der Waals surface area (Å²) in [6.07, 6.45) is 2.01. The lowest BCUT2D eigenvalue weighted by atomic mass is 10.0. The number of carbonyl (C=O) groups excluding carboxylic acids is 2. The van der Waals surface area contributed by atoms with Crippen LogP contribution in [0.15, 0.2) is 114 Å². The van der Waals surface area contributed by atoms with Crippen LogP contribution in [0.3, 0.4) is 0 Å². The average molecular weight is 612 g/mol. The molecule has 8 heteroatoms. The van der Waals surface area contributed by atoms with E-state index in [2.05, 4.69) is 5.32 Å². The largest absolute Gasteiger partial charge is 0.354 e. The zero-order chi connectivity index (χ0) is 31.5. The lowest BCUT2D eigenvalue weighted by Crippen LogP contribution is -2.53. The van der Waals surface area contributed by atoms with E-state index in [0.29, 0.717) is 12.2 Å². The number of nitrogens with zero attached hydrogens (tertiary/aromatic N) is 2. The van der Waals surface area contributed by atoms with Crippen molar-refractivity contribution < 1.29 is 18.0 Å². The molecule has 44 heavy (non-hydrogen) atoms. The van der Waals surface area contributed by atoms with Crippen molar-refractivity contribution in [1.29, 1.82) is 0 Å². The first kappa shape index (κ1) is 32.5. The summed E-state index contributed by atoms with van der Waals surface area (Å²) in [4.78, 5) is 29.9. The van der Waals surface area contributed by atoms with Crippen molar-refractivity contribution in [3.05, 3.63) is 131 Å². The molecule has 0 spiro atoms. The molecule has 1 atom stereocenters. The van der Waals surface area contributed by atoms with Crippen molar-refractivity contribution in [3.8, 4) is 0 Å². The number of rotatable bonds is 14. The van der Waals surface area contributed by atoms with Gasteiger partial charge < -0.3 is 10.2 Å². The van der Waals surface area contributed by atoms with Gasteiger partial charge in [-0.15, -0.1) is 0 Å². The van der Waals surface area contributed by atoms with Gasteiger partial charge in [0.05, 0.1) is 10.6 Å². The van der Waals surface area contributed by atoms with Crippen molar-refractivity contribution >= 4 is 27.5 Å². The van der Waals surface area contributed by atoms with E-state index in [9.17, 15) is 18.0 Å². The molecule has 1 N–H and O–H groups in total. The summed E-state index contributed by atoms with van der Waals surface area (Å²) in [5, 5.41) is 3.02. The maximum absolute atomic E-state index is 14.5. The Morgan fingerprint density at radius 2 is 1.43 bits per heavy atom. The Balaban J connectivity index is 1.78. The summed E-state index contributed by atoms with van der Waals surface area (Å²) in [7, 11) is -4.12. The molecule has 0 aliphatic heterocycles. The van der Waals surface area contributed by atoms with Crippen LogP contribution in [0.25, 0.3) is 0 Å². The quantitative estimate of drug-likeness (QED) is 0.176. The van der Waals surface area contributed by atoms with Crippen LogP contribution in [0.1, 0.15) is 42.0 Å². The predicted molar refractivity (Wildman–Crippen MR) is 176 cm³/mol. The van der Waals surface area contributed by atoms with Crippen LogP contribution >= 0.6 is 0 Å². The highest BCUT2D eigenvalue weighted by molar-refractivity contribution is 7.92. The molecule has 230 valence electrons. The van der Waals surface area contributed by atoms with Crippen molar-refractivity contribution in [2.24, 2.45) is 0 Å².